The van der Waals surface area contributed by atoms with Crippen molar-refractivity contribution in [2.24, 2.45) is 0 Å². The predicted octanol–water partition coefficient (Wildman–Crippen LogP) is 1.11. The average molecular weight is 261 g/mol. The van der Waals surface area contributed by atoms with Gasteiger partial charge in [0.2, 0.25) is 0 Å². The summed E-state index contributed by atoms with van der Waals surface area (Å²) in [5, 5.41) is 11.5. The van der Waals surface area contributed by atoms with E-state index in [0.29, 0.717) is 25.1 Å². The number of benzene rings is 1. The lowest BCUT2D eigenvalue weighted by molar-refractivity contribution is 0.0936. The lowest BCUT2D eigenvalue weighted by Gasteiger charge is -2.08. The number of ether oxygens (including phenoxy) is 1. The molecule has 19 heavy (non-hydrogen) atoms. The lowest BCUT2D eigenvalue weighted by atomic mass is 10.0. The number of carbonyl (C=O) groups excluding carboxylic acids is 1. The smallest absolute Gasteiger partial charge is 0.251 e. The Morgan fingerprint density at radius 1 is 1.47 bits per heavy atom. The van der Waals surface area contributed by atoms with Crippen LogP contribution in [0.4, 0.5) is 0 Å². The molecule has 4 heteroatoms. The predicted molar refractivity (Wildman–Crippen MR) is 74.0 cm³/mol. The van der Waals surface area contributed by atoms with E-state index < -0.39 is 0 Å². The molecular formula is C15H19NO3. The van der Waals surface area contributed by atoms with Crippen LogP contribution in [-0.4, -0.2) is 37.9 Å². The number of aliphatic hydroxyl groups excluding tert-OH is 1. The third-order valence-electron chi connectivity index (χ3n) is 2.63. The number of hydrogen-bond donors (Lipinski definition) is 2. The lowest BCUT2D eigenvalue weighted by Crippen LogP contribution is -2.27. The maximum Gasteiger partial charge on any atom is 0.251 e. The Kier molecular flexibility index (Phi) is 6.65. The zero-order valence-electron chi connectivity index (χ0n) is 11.3. The number of hydrogen-bond acceptors (Lipinski definition) is 3. The van der Waals surface area contributed by atoms with Crippen LogP contribution in [0.3, 0.4) is 0 Å². The van der Waals surface area contributed by atoms with Gasteiger partial charge in [0.25, 0.3) is 5.91 Å². The Balaban J connectivity index is 2.83. The van der Waals surface area contributed by atoms with E-state index in [1.54, 1.807) is 19.2 Å². The van der Waals surface area contributed by atoms with E-state index in [9.17, 15) is 4.79 Å². The molecule has 0 heterocycles. The molecule has 0 atom stereocenters. The summed E-state index contributed by atoms with van der Waals surface area (Å²) >= 11 is 0. The van der Waals surface area contributed by atoms with Gasteiger partial charge in [-0.25, -0.2) is 0 Å². The van der Waals surface area contributed by atoms with E-state index in [4.69, 9.17) is 9.84 Å². The average Bonchev–Trinajstić information content (AvgIpc) is 2.41. The highest BCUT2D eigenvalue weighted by molar-refractivity contribution is 5.96. The number of aliphatic hydroxyl groups is 1. The number of rotatable bonds is 5. The SMILES string of the molecule is COCCNC(=O)c1cccc(C#CCCO)c1C. The molecule has 0 saturated carbocycles. The second kappa shape index (κ2) is 8.30. The summed E-state index contributed by atoms with van der Waals surface area (Å²) in [7, 11) is 1.59. The van der Waals surface area contributed by atoms with Crippen molar-refractivity contribution in [3.8, 4) is 11.8 Å². The van der Waals surface area contributed by atoms with Gasteiger partial charge in [0.15, 0.2) is 0 Å². The summed E-state index contributed by atoms with van der Waals surface area (Å²) in [6.07, 6.45) is 0.434. The molecule has 1 rings (SSSR count). The van der Waals surface area contributed by atoms with Crippen molar-refractivity contribution >= 4 is 5.91 Å². The summed E-state index contributed by atoms with van der Waals surface area (Å²) in [5.74, 6) is 5.70. The quantitative estimate of drug-likeness (QED) is 0.616. The molecule has 1 amide bonds. The largest absolute Gasteiger partial charge is 0.395 e. The molecular weight excluding hydrogens is 242 g/mol. The maximum absolute atomic E-state index is 12.0. The standard InChI is InChI=1S/C15H19NO3/c1-12-13(6-3-4-10-17)7-5-8-14(12)15(18)16-9-11-19-2/h5,7-8,17H,4,9-11H2,1-2H3,(H,16,18). The fourth-order valence-corrected chi connectivity index (χ4v) is 1.59. The highest BCUT2D eigenvalue weighted by atomic mass is 16.5. The fraction of sp³-hybridized carbons (Fsp3) is 0.400. The van der Waals surface area contributed by atoms with Crippen molar-refractivity contribution in [1.82, 2.24) is 5.32 Å². The van der Waals surface area contributed by atoms with Crippen molar-refractivity contribution in [3.05, 3.63) is 34.9 Å². The Morgan fingerprint density at radius 2 is 2.26 bits per heavy atom. The summed E-state index contributed by atoms with van der Waals surface area (Å²) in [5.41, 5.74) is 2.28. The van der Waals surface area contributed by atoms with Crippen molar-refractivity contribution in [2.45, 2.75) is 13.3 Å². The highest BCUT2D eigenvalue weighted by Gasteiger charge is 2.09. The first-order valence-electron chi connectivity index (χ1n) is 6.17. The molecule has 4 nitrogen and oxygen atoms in total. The molecule has 1 aromatic rings. The third kappa shape index (κ3) is 4.74. The maximum atomic E-state index is 12.0. The van der Waals surface area contributed by atoms with E-state index in [2.05, 4.69) is 17.2 Å². The minimum atomic E-state index is -0.125. The topological polar surface area (TPSA) is 58.6 Å². The van der Waals surface area contributed by atoms with Crippen molar-refractivity contribution in [3.63, 3.8) is 0 Å². The Morgan fingerprint density at radius 3 is 2.95 bits per heavy atom. The van der Waals surface area contributed by atoms with Crippen LogP contribution in [0.2, 0.25) is 0 Å². The van der Waals surface area contributed by atoms with Gasteiger partial charge in [0, 0.05) is 31.2 Å². The zero-order chi connectivity index (χ0) is 14.1. The van der Waals surface area contributed by atoms with Gasteiger partial charge in [-0.3, -0.25) is 4.79 Å². The first-order valence-corrected chi connectivity index (χ1v) is 6.17. The Bertz CT molecular complexity index is 486. The van der Waals surface area contributed by atoms with Gasteiger partial charge in [-0.15, -0.1) is 0 Å². The molecule has 1 aromatic carbocycles. The van der Waals surface area contributed by atoms with Gasteiger partial charge in [-0.05, 0) is 24.6 Å². The number of carbonyl (C=O) groups is 1. The van der Waals surface area contributed by atoms with E-state index in [1.165, 1.54) is 0 Å². The van der Waals surface area contributed by atoms with Crippen LogP contribution in [-0.2, 0) is 4.74 Å². The van der Waals surface area contributed by atoms with Gasteiger partial charge >= 0.3 is 0 Å². The molecule has 0 fully saturated rings. The molecule has 0 aliphatic heterocycles. The molecule has 102 valence electrons. The molecule has 0 bridgehead atoms. The van der Waals surface area contributed by atoms with Crippen molar-refractivity contribution in [1.29, 1.82) is 0 Å². The summed E-state index contributed by atoms with van der Waals surface area (Å²) < 4.78 is 4.89. The molecule has 0 saturated heterocycles. The minimum absolute atomic E-state index is 0.0449. The molecule has 0 aliphatic rings. The fourth-order valence-electron chi connectivity index (χ4n) is 1.59. The molecule has 0 unspecified atom stereocenters. The minimum Gasteiger partial charge on any atom is -0.395 e. The number of amides is 1. The van der Waals surface area contributed by atoms with Crippen LogP contribution in [0.1, 0.15) is 27.9 Å². The Hall–Kier alpha value is -1.83. The monoisotopic (exact) mass is 261 g/mol. The van der Waals surface area contributed by atoms with Crippen LogP contribution in [0.5, 0.6) is 0 Å². The Labute approximate surface area is 113 Å². The second-order valence-electron chi connectivity index (χ2n) is 4.00. The van der Waals surface area contributed by atoms with Crippen LogP contribution in [0, 0.1) is 18.8 Å². The third-order valence-corrected chi connectivity index (χ3v) is 2.63. The van der Waals surface area contributed by atoms with Gasteiger partial charge in [0.05, 0.1) is 13.2 Å². The van der Waals surface area contributed by atoms with Crippen LogP contribution in [0.15, 0.2) is 18.2 Å². The zero-order valence-corrected chi connectivity index (χ0v) is 11.3. The van der Waals surface area contributed by atoms with Gasteiger partial charge in [0.1, 0.15) is 0 Å². The molecule has 2 N–H and O–H groups in total. The van der Waals surface area contributed by atoms with E-state index in [1.807, 2.05) is 13.0 Å². The molecule has 0 spiro atoms. The number of methoxy groups -OCH3 is 1. The van der Waals surface area contributed by atoms with Gasteiger partial charge in [-0.2, -0.15) is 0 Å². The van der Waals surface area contributed by atoms with E-state index in [-0.39, 0.29) is 12.5 Å². The highest BCUT2D eigenvalue weighted by Crippen LogP contribution is 2.12. The molecule has 0 aliphatic carbocycles. The van der Waals surface area contributed by atoms with Crippen LogP contribution < -0.4 is 5.32 Å². The van der Waals surface area contributed by atoms with Crippen molar-refractivity contribution < 1.29 is 14.6 Å². The van der Waals surface area contributed by atoms with Gasteiger partial charge in [-0.1, -0.05) is 17.9 Å². The summed E-state index contributed by atoms with van der Waals surface area (Å²) in [6, 6.07) is 5.45. The summed E-state index contributed by atoms with van der Waals surface area (Å²) in [4.78, 5) is 12.0. The second-order valence-corrected chi connectivity index (χ2v) is 4.00. The number of nitrogens with one attached hydrogen (secondary N) is 1. The van der Waals surface area contributed by atoms with Gasteiger partial charge < -0.3 is 15.2 Å². The summed E-state index contributed by atoms with van der Waals surface area (Å²) in [6.45, 7) is 2.88. The molecule has 0 radical (unpaired) electrons. The van der Waals surface area contributed by atoms with Crippen LogP contribution in [0.25, 0.3) is 0 Å². The molecule has 0 aromatic heterocycles. The van der Waals surface area contributed by atoms with E-state index in [0.717, 1.165) is 11.1 Å². The van der Waals surface area contributed by atoms with E-state index >= 15 is 0 Å². The van der Waals surface area contributed by atoms with Crippen molar-refractivity contribution in [2.75, 3.05) is 26.9 Å². The first-order chi connectivity index (χ1) is 9.20. The normalized spacial score (nSPS) is 9.63. The van der Waals surface area contributed by atoms with Crippen LogP contribution >= 0.6 is 0 Å². The first kappa shape index (κ1) is 15.2.